The lowest BCUT2D eigenvalue weighted by atomic mass is 10.1. The molecule has 0 bridgehead atoms. The summed E-state index contributed by atoms with van der Waals surface area (Å²) in [5.41, 5.74) is 1.10. The minimum absolute atomic E-state index is 0.0128. The van der Waals surface area contributed by atoms with Crippen LogP contribution in [0.25, 0.3) is 0 Å². The van der Waals surface area contributed by atoms with Gasteiger partial charge in [0.2, 0.25) is 0 Å². The molecule has 1 aromatic rings. The number of aromatic nitrogens is 2. The zero-order valence-electron chi connectivity index (χ0n) is 13.4. The van der Waals surface area contributed by atoms with Gasteiger partial charge in [0.25, 0.3) is 5.56 Å². The number of aliphatic hydroxyl groups is 1. The Hall–Kier alpha value is -2.77. The van der Waals surface area contributed by atoms with Crippen LogP contribution in [-0.4, -0.2) is 45.6 Å². The Bertz CT molecular complexity index is 869. The molecule has 0 amide bonds. The molecule has 0 radical (unpaired) electrons. The van der Waals surface area contributed by atoms with Gasteiger partial charge in [-0.25, -0.2) is 9.67 Å². The molecule has 4 rings (SSSR count). The normalized spacial score (nSPS) is 20.7. The van der Waals surface area contributed by atoms with E-state index in [9.17, 15) is 9.90 Å². The molecule has 0 spiro atoms. The van der Waals surface area contributed by atoms with Crippen molar-refractivity contribution in [1.82, 2.24) is 9.36 Å². The number of aliphatic hydroxyl groups excluding tert-OH is 1. The Balaban J connectivity index is 1.82. The van der Waals surface area contributed by atoms with Crippen LogP contribution in [0.5, 0.6) is 0 Å². The molecule has 0 saturated carbocycles. The fourth-order valence-corrected chi connectivity index (χ4v) is 3.16. The molecule has 1 aromatic heterocycles. The van der Waals surface area contributed by atoms with Crippen LogP contribution in [0, 0.1) is 0 Å². The first kappa shape index (κ1) is 14.8. The minimum Gasteiger partial charge on any atom is -0.506 e. The third-order valence-corrected chi connectivity index (χ3v) is 4.21. The van der Waals surface area contributed by atoms with Crippen molar-refractivity contribution in [3.63, 3.8) is 0 Å². The number of hydrogen-bond donors (Lipinski definition) is 2. The van der Waals surface area contributed by atoms with Crippen LogP contribution in [0.3, 0.4) is 0 Å². The predicted molar refractivity (Wildman–Crippen MR) is 91.6 cm³/mol. The highest BCUT2D eigenvalue weighted by molar-refractivity contribution is 6.22. The molecule has 3 heterocycles. The molecule has 8 heteroatoms. The van der Waals surface area contributed by atoms with Gasteiger partial charge in [-0.1, -0.05) is 0 Å². The summed E-state index contributed by atoms with van der Waals surface area (Å²) in [4.78, 5) is 21.4. The maximum Gasteiger partial charge on any atom is 0.294 e. The molecule has 3 aliphatic rings. The van der Waals surface area contributed by atoms with Gasteiger partial charge in [0.1, 0.15) is 29.5 Å². The summed E-state index contributed by atoms with van der Waals surface area (Å²) >= 11 is 0. The quantitative estimate of drug-likeness (QED) is 0.819. The first-order valence-corrected chi connectivity index (χ1v) is 8.15. The van der Waals surface area contributed by atoms with E-state index >= 15 is 0 Å². The van der Waals surface area contributed by atoms with Crippen molar-refractivity contribution in [2.24, 2.45) is 9.98 Å². The Kier molecular flexibility index (Phi) is 3.51. The summed E-state index contributed by atoms with van der Waals surface area (Å²) in [6, 6.07) is 0. The monoisotopic (exact) mass is 329 g/mol. The van der Waals surface area contributed by atoms with Gasteiger partial charge in [-0.05, 0) is 13.3 Å². The third kappa shape index (κ3) is 2.26. The number of allylic oxidation sites excluding steroid dienone is 2. The van der Waals surface area contributed by atoms with Crippen molar-refractivity contribution in [1.29, 1.82) is 0 Å². The second-order valence-electron chi connectivity index (χ2n) is 5.78. The van der Waals surface area contributed by atoms with E-state index < -0.39 is 0 Å². The SMILES string of the molecule is CCNc1c(N=C2C=C3OCCN=C3C=C2O)c(=O)n2n1CCC2. The molecule has 1 aliphatic carbocycles. The lowest BCUT2D eigenvalue weighted by molar-refractivity contribution is 0.232. The molecule has 2 N–H and O–H groups in total. The van der Waals surface area contributed by atoms with Gasteiger partial charge >= 0.3 is 0 Å². The average Bonchev–Trinajstić information content (AvgIpc) is 3.14. The van der Waals surface area contributed by atoms with Crippen molar-refractivity contribution in [2.75, 3.05) is 25.0 Å². The zero-order chi connectivity index (χ0) is 16.7. The van der Waals surface area contributed by atoms with E-state index in [-0.39, 0.29) is 11.3 Å². The molecular weight excluding hydrogens is 310 g/mol. The molecule has 126 valence electrons. The Morgan fingerprint density at radius 2 is 2.21 bits per heavy atom. The van der Waals surface area contributed by atoms with Crippen molar-refractivity contribution >= 4 is 22.9 Å². The molecular formula is C16H19N5O3. The Labute approximate surface area is 138 Å². The summed E-state index contributed by atoms with van der Waals surface area (Å²) in [6.45, 7) is 5.20. The predicted octanol–water partition coefficient (Wildman–Crippen LogP) is 1.37. The fourth-order valence-electron chi connectivity index (χ4n) is 3.16. The molecule has 0 saturated heterocycles. The van der Waals surface area contributed by atoms with Crippen LogP contribution in [0.15, 0.2) is 38.4 Å². The van der Waals surface area contributed by atoms with E-state index in [1.165, 1.54) is 6.08 Å². The van der Waals surface area contributed by atoms with Gasteiger partial charge in [-0.3, -0.25) is 14.5 Å². The summed E-state index contributed by atoms with van der Waals surface area (Å²) in [7, 11) is 0. The molecule has 8 nitrogen and oxygen atoms in total. The molecule has 0 unspecified atom stereocenters. The van der Waals surface area contributed by atoms with Gasteiger partial charge in [0.05, 0.1) is 6.54 Å². The highest BCUT2D eigenvalue weighted by Crippen LogP contribution is 2.27. The number of fused-ring (bicyclic) bond motifs is 2. The van der Waals surface area contributed by atoms with Gasteiger partial charge in [0, 0.05) is 31.8 Å². The number of anilines is 1. The van der Waals surface area contributed by atoms with Crippen molar-refractivity contribution in [3.8, 4) is 0 Å². The minimum atomic E-state index is -0.147. The standard InChI is InChI=1S/C16H19N5O3/c1-2-17-15-14(16(23)21-6-3-5-20(15)21)19-10-9-13-11(8-12(10)22)18-4-7-24-13/h8-9,17,22H,2-7H2,1H3. The number of aliphatic imine (C=N–C) groups is 2. The summed E-state index contributed by atoms with van der Waals surface area (Å²) in [5.74, 6) is 1.26. The van der Waals surface area contributed by atoms with Gasteiger partial charge in [0.15, 0.2) is 11.5 Å². The number of rotatable bonds is 3. The summed E-state index contributed by atoms with van der Waals surface area (Å²) < 4.78 is 9.17. The largest absolute Gasteiger partial charge is 0.506 e. The van der Waals surface area contributed by atoms with Gasteiger partial charge < -0.3 is 15.2 Å². The lowest BCUT2D eigenvalue weighted by Gasteiger charge is -2.19. The number of ether oxygens (including phenoxy) is 1. The van der Waals surface area contributed by atoms with E-state index in [1.54, 1.807) is 10.8 Å². The second kappa shape index (κ2) is 5.70. The highest BCUT2D eigenvalue weighted by Gasteiger charge is 2.25. The first-order valence-electron chi connectivity index (χ1n) is 8.15. The smallest absolute Gasteiger partial charge is 0.294 e. The van der Waals surface area contributed by atoms with Crippen LogP contribution in [0.4, 0.5) is 11.5 Å². The molecule has 0 atom stereocenters. The van der Waals surface area contributed by atoms with Crippen LogP contribution in [0.1, 0.15) is 13.3 Å². The Morgan fingerprint density at radius 3 is 3.04 bits per heavy atom. The lowest BCUT2D eigenvalue weighted by Crippen LogP contribution is -2.21. The van der Waals surface area contributed by atoms with E-state index in [1.807, 2.05) is 11.6 Å². The van der Waals surface area contributed by atoms with E-state index in [0.29, 0.717) is 54.9 Å². The van der Waals surface area contributed by atoms with Gasteiger partial charge in [-0.15, -0.1) is 0 Å². The fraction of sp³-hybridized carbons (Fsp3) is 0.438. The van der Waals surface area contributed by atoms with Crippen molar-refractivity contribution in [2.45, 2.75) is 26.4 Å². The maximum absolute atomic E-state index is 12.6. The number of nitrogens with zero attached hydrogens (tertiary/aromatic N) is 4. The second-order valence-corrected chi connectivity index (χ2v) is 5.78. The molecule has 24 heavy (non-hydrogen) atoms. The average molecular weight is 329 g/mol. The van der Waals surface area contributed by atoms with Crippen molar-refractivity contribution in [3.05, 3.63) is 34.0 Å². The number of nitrogens with one attached hydrogen (secondary N) is 1. The van der Waals surface area contributed by atoms with E-state index in [2.05, 4.69) is 15.3 Å². The summed E-state index contributed by atoms with van der Waals surface area (Å²) in [5, 5.41) is 13.5. The molecule has 2 aliphatic heterocycles. The van der Waals surface area contributed by atoms with Crippen molar-refractivity contribution < 1.29 is 9.84 Å². The van der Waals surface area contributed by atoms with Crippen LogP contribution in [0.2, 0.25) is 0 Å². The maximum atomic E-state index is 12.6. The first-order chi connectivity index (χ1) is 11.7. The summed E-state index contributed by atoms with van der Waals surface area (Å²) in [6.07, 6.45) is 4.10. The Morgan fingerprint density at radius 1 is 1.38 bits per heavy atom. The van der Waals surface area contributed by atoms with Crippen LogP contribution >= 0.6 is 0 Å². The van der Waals surface area contributed by atoms with Crippen LogP contribution < -0.4 is 10.9 Å². The topological polar surface area (TPSA) is 93.1 Å². The van der Waals surface area contributed by atoms with E-state index in [4.69, 9.17) is 4.74 Å². The highest BCUT2D eigenvalue weighted by atomic mass is 16.5. The zero-order valence-corrected chi connectivity index (χ0v) is 13.4. The third-order valence-electron chi connectivity index (χ3n) is 4.21. The van der Waals surface area contributed by atoms with Crippen LogP contribution in [-0.2, 0) is 17.8 Å². The molecule has 0 fully saturated rings. The van der Waals surface area contributed by atoms with Gasteiger partial charge in [-0.2, -0.15) is 0 Å². The van der Waals surface area contributed by atoms with E-state index in [0.717, 1.165) is 13.0 Å². The number of hydrogen-bond acceptors (Lipinski definition) is 6. The molecule has 0 aromatic carbocycles.